The predicted molar refractivity (Wildman–Crippen MR) is 96.2 cm³/mol. The summed E-state index contributed by atoms with van der Waals surface area (Å²) in [5.74, 6) is -0.759. The molecule has 0 saturated heterocycles. The van der Waals surface area contributed by atoms with Crippen molar-refractivity contribution in [3.63, 3.8) is 0 Å². The van der Waals surface area contributed by atoms with Crippen molar-refractivity contribution in [2.45, 2.75) is 0 Å². The van der Waals surface area contributed by atoms with E-state index in [4.69, 9.17) is 11.6 Å². The SMILES string of the molecule is CN1c2cc(F)c(NC(=O)Nc3ccccc3Cl)cc2N(C)S1(=O)=O. The Hall–Kier alpha value is -2.52. The molecular formula is C15H14ClFN4O3S. The first-order chi connectivity index (χ1) is 11.7. The second kappa shape index (κ2) is 6.08. The Morgan fingerprint density at radius 2 is 1.60 bits per heavy atom. The molecule has 0 fully saturated rings. The number of halogens is 2. The highest BCUT2D eigenvalue weighted by atomic mass is 35.5. The molecule has 3 rings (SSSR count). The second-order valence-corrected chi connectivity index (χ2v) is 7.72. The molecule has 0 bridgehead atoms. The minimum absolute atomic E-state index is 0.152. The summed E-state index contributed by atoms with van der Waals surface area (Å²) >= 11 is 5.95. The molecule has 0 radical (unpaired) electrons. The molecule has 2 amide bonds. The van der Waals surface area contributed by atoms with Crippen LogP contribution in [-0.4, -0.2) is 28.5 Å². The summed E-state index contributed by atoms with van der Waals surface area (Å²) in [6.45, 7) is 0. The minimum atomic E-state index is -3.72. The van der Waals surface area contributed by atoms with E-state index in [0.29, 0.717) is 10.7 Å². The zero-order valence-electron chi connectivity index (χ0n) is 13.2. The quantitative estimate of drug-likeness (QED) is 0.833. The molecule has 0 saturated carbocycles. The molecule has 0 aliphatic carbocycles. The highest BCUT2D eigenvalue weighted by molar-refractivity contribution is 7.94. The van der Waals surface area contributed by atoms with E-state index >= 15 is 0 Å². The van der Waals surface area contributed by atoms with E-state index < -0.39 is 22.1 Å². The molecule has 1 heterocycles. The minimum Gasteiger partial charge on any atom is -0.306 e. The van der Waals surface area contributed by atoms with Crippen LogP contribution in [0.5, 0.6) is 0 Å². The molecule has 1 aliphatic rings. The van der Waals surface area contributed by atoms with E-state index in [-0.39, 0.29) is 17.1 Å². The first-order valence-electron chi connectivity index (χ1n) is 7.10. The van der Waals surface area contributed by atoms with Gasteiger partial charge in [0.15, 0.2) is 0 Å². The average Bonchev–Trinajstić information content (AvgIpc) is 2.71. The van der Waals surface area contributed by atoms with Crippen molar-refractivity contribution in [3.05, 3.63) is 47.2 Å². The highest BCUT2D eigenvalue weighted by Gasteiger charge is 2.36. The van der Waals surface area contributed by atoms with Gasteiger partial charge in [-0.05, 0) is 18.2 Å². The van der Waals surface area contributed by atoms with Crippen molar-refractivity contribution in [3.8, 4) is 0 Å². The van der Waals surface area contributed by atoms with Crippen molar-refractivity contribution in [2.24, 2.45) is 0 Å². The van der Waals surface area contributed by atoms with Gasteiger partial charge in [-0.3, -0.25) is 8.61 Å². The Morgan fingerprint density at radius 1 is 1.04 bits per heavy atom. The van der Waals surface area contributed by atoms with Crippen LogP contribution in [0.1, 0.15) is 0 Å². The molecule has 7 nitrogen and oxygen atoms in total. The van der Waals surface area contributed by atoms with Gasteiger partial charge in [-0.15, -0.1) is 0 Å². The summed E-state index contributed by atoms with van der Waals surface area (Å²) in [6.07, 6.45) is 0. The third-order valence-electron chi connectivity index (χ3n) is 3.81. The average molecular weight is 385 g/mol. The number of hydrogen-bond acceptors (Lipinski definition) is 3. The summed E-state index contributed by atoms with van der Waals surface area (Å²) in [5, 5.41) is 5.19. The highest BCUT2D eigenvalue weighted by Crippen LogP contribution is 2.41. The maximum Gasteiger partial charge on any atom is 0.326 e. The number of anilines is 4. The first-order valence-corrected chi connectivity index (χ1v) is 8.88. The maximum absolute atomic E-state index is 14.3. The van der Waals surface area contributed by atoms with Gasteiger partial charge in [-0.25, -0.2) is 9.18 Å². The van der Waals surface area contributed by atoms with Crippen molar-refractivity contribution < 1.29 is 17.6 Å². The van der Waals surface area contributed by atoms with Crippen molar-refractivity contribution >= 4 is 50.6 Å². The topological polar surface area (TPSA) is 81.8 Å². The van der Waals surface area contributed by atoms with Crippen LogP contribution in [0.25, 0.3) is 0 Å². The molecule has 0 aromatic heterocycles. The lowest BCUT2D eigenvalue weighted by Gasteiger charge is -2.13. The van der Waals surface area contributed by atoms with Gasteiger partial charge in [0.1, 0.15) is 5.82 Å². The lowest BCUT2D eigenvalue weighted by Crippen LogP contribution is -2.32. The molecule has 2 aromatic rings. The third kappa shape index (κ3) is 2.96. The first kappa shape index (κ1) is 17.3. The fraction of sp³-hybridized carbons (Fsp3) is 0.133. The Bertz CT molecular complexity index is 967. The smallest absolute Gasteiger partial charge is 0.306 e. The zero-order valence-corrected chi connectivity index (χ0v) is 14.8. The van der Waals surface area contributed by atoms with E-state index in [1.54, 1.807) is 24.3 Å². The standard InChI is InChI=1S/C15H14ClFN4O3S/c1-20-13-7-10(17)12(8-14(13)21(2)25(20,23)24)19-15(22)18-11-6-4-3-5-9(11)16/h3-8H,1-2H3,(H2,18,19,22). The van der Waals surface area contributed by atoms with E-state index in [1.165, 1.54) is 20.2 Å². The molecule has 2 N–H and O–H groups in total. The van der Waals surface area contributed by atoms with Crippen molar-refractivity contribution in [1.29, 1.82) is 0 Å². The number of benzene rings is 2. The third-order valence-corrected chi connectivity index (χ3v) is 5.91. The second-order valence-electron chi connectivity index (χ2n) is 5.32. The van der Waals surface area contributed by atoms with Crippen LogP contribution in [0.15, 0.2) is 36.4 Å². The molecular weight excluding hydrogens is 371 g/mol. The summed E-state index contributed by atoms with van der Waals surface area (Å²) in [6, 6.07) is 8.20. The number of hydrogen-bond donors (Lipinski definition) is 2. The zero-order chi connectivity index (χ0) is 18.4. The van der Waals surface area contributed by atoms with Gasteiger partial charge < -0.3 is 10.6 Å². The lowest BCUT2D eigenvalue weighted by molar-refractivity contribution is 0.262. The fourth-order valence-electron chi connectivity index (χ4n) is 2.42. The van der Waals surface area contributed by atoms with Gasteiger partial charge in [0.25, 0.3) is 0 Å². The van der Waals surface area contributed by atoms with Gasteiger partial charge in [-0.1, -0.05) is 23.7 Å². The number of rotatable bonds is 2. The maximum atomic E-state index is 14.3. The molecule has 25 heavy (non-hydrogen) atoms. The number of carbonyl (C=O) groups is 1. The number of nitrogens with one attached hydrogen (secondary N) is 2. The molecule has 1 aliphatic heterocycles. The van der Waals surface area contributed by atoms with Crippen LogP contribution < -0.4 is 19.2 Å². The Balaban J connectivity index is 1.87. The monoisotopic (exact) mass is 384 g/mol. The largest absolute Gasteiger partial charge is 0.326 e. The lowest BCUT2D eigenvalue weighted by atomic mass is 10.2. The molecule has 0 spiro atoms. The van der Waals surface area contributed by atoms with Gasteiger partial charge in [0.05, 0.1) is 27.8 Å². The number of urea groups is 1. The van der Waals surface area contributed by atoms with Crippen molar-refractivity contribution in [1.82, 2.24) is 0 Å². The summed E-state index contributed by atoms with van der Waals surface area (Å²) in [7, 11) is -1.05. The number of para-hydroxylation sites is 1. The number of fused-ring (bicyclic) bond motifs is 1. The molecule has 132 valence electrons. The van der Waals surface area contributed by atoms with Gasteiger partial charge in [0, 0.05) is 20.2 Å². The molecule has 2 aromatic carbocycles. The summed E-state index contributed by atoms with van der Waals surface area (Å²) in [5.41, 5.74) is 0.664. The van der Waals surface area contributed by atoms with Crippen LogP contribution >= 0.6 is 11.6 Å². The molecule has 10 heteroatoms. The van der Waals surface area contributed by atoms with Gasteiger partial charge in [0.2, 0.25) is 0 Å². The molecule has 0 unspecified atom stereocenters. The predicted octanol–water partition coefficient (Wildman–Crippen LogP) is 3.25. The summed E-state index contributed by atoms with van der Waals surface area (Å²) in [4.78, 5) is 12.1. The Kier molecular flexibility index (Phi) is 4.21. The van der Waals surface area contributed by atoms with Crippen molar-refractivity contribution in [2.75, 3.05) is 33.3 Å². The van der Waals surface area contributed by atoms with Crippen LogP contribution in [0.2, 0.25) is 5.02 Å². The fourth-order valence-corrected chi connectivity index (χ4v) is 3.76. The number of amides is 2. The van der Waals surface area contributed by atoms with Crippen LogP contribution in [0.4, 0.5) is 31.9 Å². The Labute approximate surface area is 149 Å². The molecule has 0 atom stereocenters. The number of nitrogens with zero attached hydrogens (tertiary/aromatic N) is 2. The van der Waals surface area contributed by atoms with E-state index in [9.17, 15) is 17.6 Å². The van der Waals surface area contributed by atoms with E-state index in [1.807, 2.05) is 0 Å². The van der Waals surface area contributed by atoms with E-state index in [0.717, 1.165) is 14.7 Å². The van der Waals surface area contributed by atoms with Gasteiger partial charge in [-0.2, -0.15) is 8.42 Å². The van der Waals surface area contributed by atoms with Crippen LogP contribution in [0, 0.1) is 5.82 Å². The van der Waals surface area contributed by atoms with Gasteiger partial charge >= 0.3 is 16.2 Å². The number of carbonyl (C=O) groups excluding carboxylic acids is 1. The summed E-state index contributed by atoms with van der Waals surface area (Å²) < 4.78 is 40.4. The van der Waals surface area contributed by atoms with Crippen LogP contribution in [-0.2, 0) is 10.2 Å². The Morgan fingerprint density at radius 3 is 2.24 bits per heavy atom. The van der Waals surface area contributed by atoms with E-state index in [2.05, 4.69) is 10.6 Å². The van der Waals surface area contributed by atoms with Crippen LogP contribution in [0.3, 0.4) is 0 Å². The normalized spacial score (nSPS) is 15.0.